The monoisotopic (exact) mass is 265 g/mol. The number of β-amino-alcohol motifs (C(OH)–C–C–N with tert-alkyl or cyclic N) is 1. The highest BCUT2D eigenvalue weighted by Gasteiger charge is 2.33. The molecule has 1 aliphatic heterocycles. The largest absolute Gasteiger partial charge is 0.388 e. The maximum absolute atomic E-state index is 12.1. The van der Waals surface area contributed by atoms with Crippen molar-refractivity contribution in [3.8, 4) is 0 Å². The van der Waals surface area contributed by atoms with Crippen LogP contribution in [0, 0.1) is 13.8 Å². The van der Waals surface area contributed by atoms with E-state index in [2.05, 4.69) is 5.10 Å². The quantitative estimate of drug-likeness (QED) is 0.885. The molecular formula is C14H23N3O2. The minimum atomic E-state index is -0.713. The first-order chi connectivity index (χ1) is 8.80. The zero-order chi connectivity index (χ0) is 14.2. The molecule has 0 aromatic carbocycles. The summed E-state index contributed by atoms with van der Waals surface area (Å²) in [4.78, 5) is 13.9. The Hall–Kier alpha value is -1.36. The molecule has 1 saturated heterocycles. The molecule has 5 nitrogen and oxygen atoms in total. The molecule has 106 valence electrons. The van der Waals surface area contributed by atoms with Gasteiger partial charge in [0.05, 0.1) is 11.3 Å². The molecule has 1 fully saturated rings. The highest BCUT2D eigenvalue weighted by atomic mass is 16.3. The van der Waals surface area contributed by atoms with Crippen molar-refractivity contribution in [3.63, 3.8) is 0 Å². The number of hydrogen-bond acceptors (Lipinski definition) is 3. The van der Waals surface area contributed by atoms with E-state index in [0.717, 1.165) is 17.8 Å². The molecule has 1 unspecified atom stereocenters. The average molecular weight is 265 g/mol. The summed E-state index contributed by atoms with van der Waals surface area (Å²) in [6.07, 6.45) is 1.89. The smallest absolute Gasteiger partial charge is 0.223 e. The minimum absolute atomic E-state index is 0.125. The van der Waals surface area contributed by atoms with Gasteiger partial charge in [-0.15, -0.1) is 0 Å². The lowest BCUT2D eigenvalue weighted by Gasteiger charge is -2.19. The molecule has 2 rings (SSSR count). The zero-order valence-electron chi connectivity index (χ0n) is 12.2. The first kappa shape index (κ1) is 14.1. The Bertz CT molecular complexity index is 491. The van der Waals surface area contributed by atoms with E-state index < -0.39 is 5.60 Å². The van der Waals surface area contributed by atoms with Gasteiger partial charge < -0.3 is 10.0 Å². The van der Waals surface area contributed by atoms with Crippen LogP contribution < -0.4 is 0 Å². The number of carbonyl (C=O) groups is 1. The Balaban J connectivity index is 1.94. The SMILES string of the molecule is Cc1nn(C)c(C)c1CCC(=O)N1CCC(C)(O)C1. The Kier molecular flexibility index (Phi) is 3.67. The number of aryl methyl sites for hydroxylation is 2. The van der Waals surface area contributed by atoms with E-state index in [1.807, 2.05) is 25.6 Å². The number of hydrogen-bond donors (Lipinski definition) is 1. The Morgan fingerprint density at radius 3 is 2.63 bits per heavy atom. The summed E-state index contributed by atoms with van der Waals surface area (Å²) in [5, 5.41) is 14.2. The number of amides is 1. The second kappa shape index (κ2) is 4.96. The second-order valence-electron chi connectivity index (χ2n) is 5.84. The average Bonchev–Trinajstić information content (AvgIpc) is 2.79. The van der Waals surface area contributed by atoms with Crippen molar-refractivity contribution in [1.82, 2.24) is 14.7 Å². The molecule has 0 bridgehead atoms. The van der Waals surface area contributed by atoms with Crippen LogP contribution in [0.3, 0.4) is 0 Å². The van der Waals surface area contributed by atoms with Gasteiger partial charge in [-0.05, 0) is 39.2 Å². The van der Waals surface area contributed by atoms with Crippen LogP contribution in [0.25, 0.3) is 0 Å². The predicted molar refractivity (Wildman–Crippen MR) is 72.8 cm³/mol. The lowest BCUT2D eigenvalue weighted by Crippen LogP contribution is -2.34. The van der Waals surface area contributed by atoms with Gasteiger partial charge in [0.25, 0.3) is 0 Å². The lowest BCUT2D eigenvalue weighted by molar-refractivity contribution is -0.131. The number of aromatic nitrogens is 2. The fourth-order valence-corrected chi connectivity index (χ4v) is 2.73. The van der Waals surface area contributed by atoms with Crippen LogP contribution in [0.4, 0.5) is 0 Å². The molecule has 1 N–H and O–H groups in total. The van der Waals surface area contributed by atoms with Gasteiger partial charge in [0.2, 0.25) is 5.91 Å². The van der Waals surface area contributed by atoms with Crippen LogP contribution in [0.5, 0.6) is 0 Å². The third-order valence-electron chi connectivity index (χ3n) is 4.05. The molecule has 1 aromatic rings. The molecule has 0 aliphatic carbocycles. The number of carbonyl (C=O) groups excluding carboxylic acids is 1. The summed E-state index contributed by atoms with van der Waals surface area (Å²) in [5.74, 6) is 0.125. The third-order valence-corrected chi connectivity index (χ3v) is 4.05. The van der Waals surface area contributed by atoms with Crippen molar-refractivity contribution in [2.75, 3.05) is 13.1 Å². The van der Waals surface area contributed by atoms with Crippen molar-refractivity contribution < 1.29 is 9.90 Å². The maximum atomic E-state index is 12.1. The van der Waals surface area contributed by atoms with E-state index >= 15 is 0 Å². The molecule has 1 aliphatic rings. The summed E-state index contributed by atoms with van der Waals surface area (Å²) in [6.45, 7) is 6.91. The molecule has 1 aromatic heterocycles. The van der Waals surface area contributed by atoms with E-state index in [4.69, 9.17) is 0 Å². The molecule has 1 atom stereocenters. The number of aliphatic hydroxyl groups is 1. The van der Waals surface area contributed by atoms with Gasteiger partial charge in [-0.3, -0.25) is 9.48 Å². The third kappa shape index (κ3) is 2.97. The molecule has 0 saturated carbocycles. The summed E-state index contributed by atoms with van der Waals surface area (Å²) in [5.41, 5.74) is 2.58. The highest BCUT2D eigenvalue weighted by molar-refractivity contribution is 5.77. The zero-order valence-corrected chi connectivity index (χ0v) is 12.2. The van der Waals surface area contributed by atoms with Crippen LogP contribution in [-0.4, -0.2) is 44.4 Å². The fourth-order valence-electron chi connectivity index (χ4n) is 2.73. The van der Waals surface area contributed by atoms with E-state index in [9.17, 15) is 9.90 Å². The summed E-state index contributed by atoms with van der Waals surface area (Å²) < 4.78 is 1.86. The van der Waals surface area contributed by atoms with E-state index in [1.54, 1.807) is 11.8 Å². The summed E-state index contributed by atoms with van der Waals surface area (Å²) >= 11 is 0. The van der Waals surface area contributed by atoms with Crippen LogP contribution in [0.2, 0.25) is 0 Å². The molecule has 5 heteroatoms. The van der Waals surface area contributed by atoms with Crippen molar-refractivity contribution in [2.45, 2.75) is 45.6 Å². The van der Waals surface area contributed by atoms with Crippen molar-refractivity contribution >= 4 is 5.91 Å². The number of nitrogens with zero attached hydrogens (tertiary/aromatic N) is 3. The number of likely N-dealkylation sites (tertiary alicyclic amines) is 1. The van der Waals surface area contributed by atoms with Gasteiger partial charge in [0, 0.05) is 32.3 Å². The lowest BCUT2D eigenvalue weighted by atomic mass is 10.1. The minimum Gasteiger partial charge on any atom is -0.388 e. The molecule has 0 radical (unpaired) electrons. The van der Waals surface area contributed by atoms with Crippen LogP contribution >= 0.6 is 0 Å². The summed E-state index contributed by atoms with van der Waals surface area (Å²) in [7, 11) is 1.92. The Labute approximate surface area is 114 Å². The van der Waals surface area contributed by atoms with Gasteiger partial charge in [-0.25, -0.2) is 0 Å². The predicted octanol–water partition coefficient (Wildman–Crippen LogP) is 0.953. The first-order valence-corrected chi connectivity index (χ1v) is 6.79. The number of rotatable bonds is 3. The maximum Gasteiger partial charge on any atom is 0.223 e. The summed E-state index contributed by atoms with van der Waals surface area (Å²) in [6, 6.07) is 0. The van der Waals surface area contributed by atoms with E-state index in [-0.39, 0.29) is 5.91 Å². The van der Waals surface area contributed by atoms with Gasteiger partial charge in [-0.2, -0.15) is 5.10 Å². The van der Waals surface area contributed by atoms with Crippen LogP contribution in [0.1, 0.15) is 36.7 Å². The van der Waals surface area contributed by atoms with Crippen molar-refractivity contribution in [3.05, 3.63) is 17.0 Å². The molecule has 2 heterocycles. The Morgan fingerprint density at radius 1 is 1.47 bits per heavy atom. The highest BCUT2D eigenvalue weighted by Crippen LogP contribution is 2.22. The van der Waals surface area contributed by atoms with Crippen LogP contribution in [0.15, 0.2) is 0 Å². The molecular weight excluding hydrogens is 242 g/mol. The topological polar surface area (TPSA) is 58.4 Å². The van der Waals surface area contributed by atoms with Gasteiger partial charge in [0.15, 0.2) is 0 Å². The van der Waals surface area contributed by atoms with E-state index in [0.29, 0.717) is 25.9 Å². The van der Waals surface area contributed by atoms with Crippen molar-refractivity contribution in [2.24, 2.45) is 7.05 Å². The first-order valence-electron chi connectivity index (χ1n) is 6.79. The molecule has 0 spiro atoms. The van der Waals surface area contributed by atoms with Crippen molar-refractivity contribution in [1.29, 1.82) is 0 Å². The molecule has 19 heavy (non-hydrogen) atoms. The van der Waals surface area contributed by atoms with Crippen LogP contribution in [-0.2, 0) is 18.3 Å². The second-order valence-corrected chi connectivity index (χ2v) is 5.84. The standard InChI is InChI=1S/C14H23N3O2/c1-10-12(11(2)16(4)15-10)5-6-13(18)17-8-7-14(3,19)9-17/h19H,5-9H2,1-4H3. The van der Waals surface area contributed by atoms with Gasteiger partial charge in [0.1, 0.15) is 0 Å². The normalized spacial score (nSPS) is 23.1. The van der Waals surface area contributed by atoms with E-state index in [1.165, 1.54) is 5.56 Å². The van der Waals surface area contributed by atoms with Gasteiger partial charge in [-0.1, -0.05) is 0 Å². The Morgan fingerprint density at radius 2 is 2.16 bits per heavy atom. The molecule has 1 amide bonds. The van der Waals surface area contributed by atoms with Gasteiger partial charge >= 0.3 is 0 Å². The fraction of sp³-hybridized carbons (Fsp3) is 0.714.